The number of ether oxygens (including phenoxy) is 1. The van der Waals surface area contributed by atoms with Crippen LogP contribution in [0.1, 0.15) is 61.6 Å². The van der Waals surface area contributed by atoms with Gasteiger partial charge in [-0.3, -0.25) is 4.90 Å². The van der Waals surface area contributed by atoms with E-state index in [-0.39, 0.29) is 17.0 Å². The van der Waals surface area contributed by atoms with E-state index in [1.54, 1.807) is 0 Å². The predicted octanol–water partition coefficient (Wildman–Crippen LogP) is 5.60. The standard InChI is InChI=1S/C24H27NO2/c1-23-20-12-6-5-11-19(20)21-13-7-8-14-24(21,23)15-16-25(23)22(26)27-17-18-9-3-2-4-10-18/h2-6,9-12,21H,7-8,13-17H2,1H3/t21-,23-,24+/m0/s1. The van der Waals surface area contributed by atoms with Gasteiger partial charge in [-0.25, -0.2) is 4.79 Å². The lowest BCUT2D eigenvalue weighted by Gasteiger charge is -2.47. The van der Waals surface area contributed by atoms with Crippen LogP contribution in [0.25, 0.3) is 0 Å². The monoisotopic (exact) mass is 361 g/mol. The molecule has 0 aromatic heterocycles. The highest BCUT2D eigenvalue weighted by molar-refractivity contribution is 5.71. The number of carbonyl (C=O) groups excluding carboxylic acids is 1. The molecule has 5 rings (SSSR count). The van der Waals surface area contributed by atoms with Crippen molar-refractivity contribution < 1.29 is 9.53 Å². The molecule has 27 heavy (non-hydrogen) atoms. The number of likely N-dealkylation sites (tertiary alicyclic amines) is 1. The van der Waals surface area contributed by atoms with Gasteiger partial charge in [0.25, 0.3) is 0 Å². The second-order valence-corrected chi connectivity index (χ2v) is 8.56. The summed E-state index contributed by atoms with van der Waals surface area (Å²) in [6.45, 7) is 3.44. The lowest BCUT2D eigenvalue weighted by Crippen LogP contribution is -2.50. The molecule has 140 valence electrons. The number of benzene rings is 2. The Morgan fingerprint density at radius 2 is 1.85 bits per heavy atom. The predicted molar refractivity (Wildman–Crippen MR) is 105 cm³/mol. The number of hydrogen-bond acceptors (Lipinski definition) is 2. The van der Waals surface area contributed by atoms with E-state index in [1.165, 1.54) is 36.8 Å². The van der Waals surface area contributed by atoms with Crippen LogP contribution in [0.2, 0.25) is 0 Å². The zero-order valence-electron chi connectivity index (χ0n) is 16.0. The first-order chi connectivity index (χ1) is 13.2. The van der Waals surface area contributed by atoms with Gasteiger partial charge in [0.1, 0.15) is 6.61 Å². The van der Waals surface area contributed by atoms with Crippen LogP contribution >= 0.6 is 0 Å². The van der Waals surface area contributed by atoms with Gasteiger partial charge >= 0.3 is 6.09 Å². The minimum atomic E-state index is -0.248. The Bertz CT molecular complexity index is 864. The topological polar surface area (TPSA) is 29.5 Å². The number of rotatable bonds is 2. The highest BCUT2D eigenvalue weighted by Gasteiger charge is 2.67. The average Bonchev–Trinajstić information content (AvgIpc) is 3.12. The highest BCUT2D eigenvalue weighted by atomic mass is 16.6. The average molecular weight is 361 g/mol. The van der Waals surface area contributed by atoms with E-state index in [0.29, 0.717) is 12.5 Å². The van der Waals surface area contributed by atoms with Gasteiger partial charge in [0.2, 0.25) is 0 Å². The van der Waals surface area contributed by atoms with Gasteiger partial charge in [-0.05, 0) is 48.8 Å². The van der Waals surface area contributed by atoms with E-state index in [4.69, 9.17) is 4.74 Å². The fraction of sp³-hybridized carbons (Fsp3) is 0.458. The molecule has 0 unspecified atom stereocenters. The first kappa shape index (κ1) is 16.9. The smallest absolute Gasteiger partial charge is 0.410 e. The molecule has 1 amide bonds. The summed E-state index contributed by atoms with van der Waals surface area (Å²) in [5, 5.41) is 0. The second-order valence-electron chi connectivity index (χ2n) is 8.56. The van der Waals surface area contributed by atoms with E-state index in [2.05, 4.69) is 31.2 Å². The molecule has 0 bridgehead atoms. The Morgan fingerprint density at radius 3 is 2.70 bits per heavy atom. The molecule has 1 heterocycles. The van der Waals surface area contributed by atoms with Crippen molar-refractivity contribution in [1.29, 1.82) is 0 Å². The molecule has 2 aliphatic carbocycles. The molecule has 3 heteroatoms. The van der Waals surface area contributed by atoms with Crippen molar-refractivity contribution in [2.75, 3.05) is 6.54 Å². The van der Waals surface area contributed by atoms with Crippen LogP contribution in [0.3, 0.4) is 0 Å². The van der Waals surface area contributed by atoms with Gasteiger partial charge in [-0.1, -0.05) is 67.4 Å². The maximum atomic E-state index is 13.2. The second kappa shape index (κ2) is 6.12. The lowest BCUT2D eigenvalue weighted by molar-refractivity contribution is 0.0120. The number of amides is 1. The van der Waals surface area contributed by atoms with Gasteiger partial charge in [-0.2, -0.15) is 0 Å². The van der Waals surface area contributed by atoms with E-state index in [0.717, 1.165) is 18.5 Å². The number of carbonyl (C=O) groups is 1. The van der Waals surface area contributed by atoms with Crippen molar-refractivity contribution in [2.45, 2.75) is 57.1 Å². The van der Waals surface area contributed by atoms with Crippen LogP contribution in [0, 0.1) is 5.41 Å². The van der Waals surface area contributed by atoms with Crippen LogP contribution in [0.15, 0.2) is 54.6 Å². The molecule has 0 radical (unpaired) electrons. The first-order valence-electron chi connectivity index (χ1n) is 10.2. The SMILES string of the molecule is C[C@]12c3ccccc3[C@@H]3CCCC[C@@]31CCN2C(=O)OCc1ccccc1. The first-order valence-corrected chi connectivity index (χ1v) is 10.2. The van der Waals surface area contributed by atoms with Gasteiger partial charge < -0.3 is 4.74 Å². The lowest BCUT2D eigenvalue weighted by atomic mass is 9.60. The molecular formula is C24H27NO2. The van der Waals surface area contributed by atoms with Crippen LogP contribution in [-0.4, -0.2) is 17.5 Å². The Balaban J connectivity index is 1.48. The number of hydrogen-bond donors (Lipinski definition) is 0. The van der Waals surface area contributed by atoms with Crippen molar-refractivity contribution in [2.24, 2.45) is 5.41 Å². The zero-order chi connectivity index (χ0) is 18.5. The summed E-state index contributed by atoms with van der Waals surface area (Å²) in [7, 11) is 0. The van der Waals surface area contributed by atoms with Gasteiger partial charge in [0, 0.05) is 12.0 Å². The molecule has 2 fully saturated rings. The fourth-order valence-corrected chi connectivity index (χ4v) is 6.35. The molecule has 3 nitrogen and oxygen atoms in total. The third-order valence-corrected chi connectivity index (χ3v) is 7.61. The third kappa shape index (κ3) is 2.24. The number of fused-ring (bicyclic) bond motifs is 3. The van der Waals surface area contributed by atoms with Crippen LogP contribution in [0.4, 0.5) is 4.79 Å². The Labute approximate surface area is 161 Å². The van der Waals surface area contributed by atoms with Crippen LogP contribution < -0.4 is 0 Å². The molecule has 0 N–H and O–H groups in total. The minimum Gasteiger partial charge on any atom is -0.445 e. The van der Waals surface area contributed by atoms with E-state index >= 15 is 0 Å². The molecule has 2 aromatic rings. The normalized spacial score (nSPS) is 31.1. The highest BCUT2D eigenvalue weighted by Crippen LogP contribution is 2.70. The van der Waals surface area contributed by atoms with Gasteiger partial charge in [0.15, 0.2) is 0 Å². The maximum Gasteiger partial charge on any atom is 0.410 e. The summed E-state index contributed by atoms with van der Waals surface area (Å²) in [4.78, 5) is 15.2. The largest absolute Gasteiger partial charge is 0.445 e. The van der Waals surface area contributed by atoms with Crippen LogP contribution in [-0.2, 0) is 16.9 Å². The quantitative estimate of drug-likeness (QED) is 0.696. The van der Waals surface area contributed by atoms with Crippen molar-refractivity contribution in [3.63, 3.8) is 0 Å². The summed E-state index contributed by atoms with van der Waals surface area (Å²) in [6, 6.07) is 18.8. The Hall–Kier alpha value is -2.29. The van der Waals surface area contributed by atoms with Crippen molar-refractivity contribution >= 4 is 6.09 Å². The summed E-state index contributed by atoms with van der Waals surface area (Å²) in [5.41, 5.74) is 3.79. The molecule has 1 spiro atoms. The number of nitrogens with zero attached hydrogens (tertiary/aromatic N) is 1. The van der Waals surface area contributed by atoms with E-state index in [9.17, 15) is 4.79 Å². The summed E-state index contributed by atoms with van der Waals surface area (Å²) >= 11 is 0. The Kier molecular flexibility index (Phi) is 3.82. The van der Waals surface area contributed by atoms with Crippen molar-refractivity contribution in [3.8, 4) is 0 Å². The summed E-state index contributed by atoms with van der Waals surface area (Å²) in [6.07, 6.45) is 5.95. The molecule has 3 aliphatic rings. The molecular weight excluding hydrogens is 334 g/mol. The van der Waals surface area contributed by atoms with Crippen molar-refractivity contribution in [3.05, 3.63) is 71.3 Å². The fourth-order valence-electron chi connectivity index (χ4n) is 6.35. The van der Waals surface area contributed by atoms with Crippen molar-refractivity contribution in [1.82, 2.24) is 4.90 Å². The van der Waals surface area contributed by atoms with Gasteiger partial charge in [-0.15, -0.1) is 0 Å². The van der Waals surface area contributed by atoms with Crippen LogP contribution in [0.5, 0.6) is 0 Å². The van der Waals surface area contributed by atoms with Gasteiger partial charge in [0.05, 0.1) is 5.54 Å². The molecule has 1 saturated heterocycles. The third-order valence-electron chi connectivity index (χ3n) is 7.61. The summed E-state index contributed by atoms with van der Waals surface area (Å²) in [5.74, 6) is 0.583. The zero-order valence-corrected chi connectivity index (χ0v) is 16.0. The van der Waals surface area contributed by atoms with E-state index in [1.807, 2.05) is 35.2 Å². The maximum absolute atomic E-state index is 13.2. The Morgan fingerprint density at radius 1 is 1.07 bits per heavy atom. The summed E-state index contributed by atoms with van der Waals surface area (Å²) < 4.78 is 5.76. The van der Waals surface area contributed by atoms with E-state index < -0.39 is 0 Å². The molecule has 1 saturated carbocycles. The molecule has 3 atom stereocenters. The molecule has 1 aliphatic heterocycles. The molecule has 2 aromatic carbocycles. The minimum absolute atomic E-state index is 0.167.